The zero-order chi connectivity index (χ0) is 41.0. The Morgan fingerprint density at radius 2 is 0.774 bits per heavy atom. The Morgan fingerprint density at radius 3 is 1.44 bits per heavy atom. The van der Waals surface area contributed by atoms with Crippen molar-refractivity contribution in [3.8, 4) is 68.1 Å². The Labute approximate surface area is 357 Å². The number of para-hydroxylation sites is 3. The molecular formula is C56H36N6. The van der Waals surface area contributed by atoms with Crippen molar-refractivity contribution in [3.63, 3.8) is 0 Å². The average Bonchev–Trinajstić information content (AvgIpc) is 3.88. The lowest BCUT2D eigenvalue weighted by molar-refractivity contribution is 0.953. The van der Waals surface area contributed by atoms with Gasteiger partial charge in [0.1, 0.15) is 0 Å². The van der Waals surface area contributed by atoms with Crippen molar-refractivity contribution < 1.29 is 0 Å². The van der Waals surface area contributed by atoms with E-state index in [4.69, 9.17) is 19.9 Å². The van der Waals surface area contributed by atoms with Crippen LogP contribution in [-0.2, 0) is 0 Å². The van der Waals surface area contributed by atoms with Crippen molar-refractivity contribution in [2.45, 2.75) is 0 Å². The van der Waals surface area contributed by atoms with E-state index in [1.165, 1.54) is 5.56 Å². The first-order valence-corrected chi connectivity index (χ1v) is 20.8. The molecule has 0 unspecified atom stereocenters. The quantitative estimate of drug-likeness (QED) is 0.161. The topological polar surface area (TPSA) is 61.4 Å². The van der Waals surface area contributed by atoms with Gasteiger partial charge in [-0.25, -0.2) is 9.97 Å². The summed E-state index contributed by atoms with van der Waals surface area (Å²) in [4.78, 5) is 21.0. The fourth-order valence-electron chi connectivity index (χ4n) is 8.98. The van der Waals surface area contributed by atoms with Gasteiger partial charge in [0.05, 0.1) is 39.1 Å². The van der Waals surface area contributed by atoms with Gasteiger partial charge < -0.3 is 4.57 Å². The van der Waals surface area contributed by atoms with Crippen LogP contribution in [0.15, 0.2) is 218 Å². The number of aromatic nitrogens is 6. The SMILES string of the molecule is c1ccc(-c2cccc(-c3cccc(-c4ccccc4-n4c5ccccc5c5ccc6c7ccccc7n(-c7nc(-c8ccccc8)nc(-c8ccccc8)n7)c6c54)n3)c2)cc1. The molecule has 0 aliphatic carbocycles. The molecule has 62 heavy (non-hydrogen) atoms. The molecule has 0 aliphatic heterocycles. The number of rotatable bonds is 7. The number of benzene rings is 8. The molecule has 0 fully saturated rings. The first-order valence-electron chi connectivity index (χ1n) is 20.8. The molecule has 0 aliphatic rings. The van der Waals surface area contributed by atoms with E-state index in [-0.39, 0.29) is 0 Å². The molecule has 0 spiro atoms. The van der Waals surface area contributed by atoms with Crippen molar-refractivity contribution in [1.29, 1.82) is 0 Å². The van der Waals surface area contributed by atoms with Crippen LogP contribution in [0.25, 0.3) is 112 Å². The smallest absolute Gasteiger partial charge is 0.238 e. The van der Waals surface area contributed by atoms with Crippen LogP contribution in [0.3, 0.4) is 0 Å². The third-order valence-electron chi connectivity index (χ3n) is 11.8. The second-order valence-electron chi connectivity index (χ2n) is 15.4. The molecule has 12 rings (SSSR count). The average molecular weight is 793 g/mol. The molecule has 0 saturated carbocycles. The number of hydrogen-bond acceptors (Lipinski definition) is 4. The molecule has 290 valence electrons. The van der Waals surface area contributed by atoms with Crippen LogP contribution in [0, 0.1) is 0 Å². The summed E-state index contributed by atoms with van der Waals surface area (Å²) in [7, 11) is 0. The zero-order valence-electron chi connectivity index (χ0n) is 33.5. The molecule has 6 nitrogen and oxygen atoms in total. The fraction of sp³-hybridized carbons (Fsp3) is 0. The van der Waals surface area contributed by atoms with Gasteiger partial charge in [-0.1, -0.05) is 182 Å². The standard InChI is InChI=1S/C56H36N6/c1-4-18-37(19-5-1)40-24-16-25-41(36-40)47-29-17-30-48(57-47)46-28-12-15-33-51(46)61-49-31-13-10-26-42(49)44-34-35-45-43-27-11-14-32-50(43)62(53(45)52(44)61)56-59-54(38-20-6-2-7-21-38)58-55(60-56)39-22-8-3-9-23-39/h1-36H. The van der Waals surface area contributed by atoms with Crippen LogP contribution in [0.5, 0.6) is 0 Å². The van der Waals surface area contributed by atoms with Crippen LogP contribution < -0.4 is 0 Å². The van der Waals surface area contributed by atoms with Crippen LogP contribution >= 0.6 is 0 Å². The van der Waals surface area contributed by atoms with Gasteiger partial charge >= 0.3 is 0 Å². The molecular weight excluding hydrogens is 757 g/mol. The molecule has 0 N–H and O–H groups in total. The van der Waals surface area contributed by atoms with Crippen LogP contribution in [-0.4, -0.2) is 29.1 Å². The molecule has 8 aromatic carbocycles. The fourth-order valence-corrected chi connectivity index (χ4v) is 8.98. The van der Waals surface area contributed by atoms with Gasteiger partial charge in [0.15, 0.2) is 11.6 Å². The lowest BCUT2D eigenvalue weighted by Crippen LogP contribution is -2.07. The Morgan fingerprint density at radius 1 is 0.290 bits per heavy atom. The first-order chi connectivity index (χ1) is 30.8. The highest BCUT2D eigenvalue weighted by molar-refractivity contribution is 6.24. The maximum atomic E-state index is 5.37. The van der Waals surface area contributed by atoms with Crippen molar-refractivity contribution in [2.24, 2.45) is 0 Å². The summed E-state index contributed by atoms with van der Waals surface area (Å²) in [5, 5.41) is 4.51. The molecule has 0 atom stereocenters. The van der Waals surface area contributed by atoms with Crippen molar-refractivity contribution in [1.82, 2.24) is 29.1 Å². The zero-order valence-corrected chi connectivity index (χ0v) is 33.5. The van der Waals surface area contributed by atoms with Gasteiger partial charge in [0.25, 0.3) is 0 Å². The minimum atomic E-state index is 0.550. The molecule has 0 amide bonds. The van der Waals surface area contributed by atoms with E-state index in [9.17, 15) is 0 Å². The molecule has 0 saturated heterocycles. The van der Waals surface area contributed by atoms with E-state index in [0.29, 0.717) is 17.6 Å². The summed E-state index contributed by atoms with van der Waals surface area (Å²) in [5.41, 5.74) is 13.3. The minimum Gasteiger partial charge on any atom is -0.306 e. The van der Waals surface area contributed by atoms with E-state index >= 15 is 0 Å². The monoisotopic (exact) mass is 792 g/mol. The maximum Gasteiger partial charge on any atom is 0.238 e. The van der Waals surface area contributed by atoms with Crippen molar-refractivity contribution >= 4 is 43.6 Å². The van der Waals surface area contributed by atoms with Crippen molar-refractivity contribution in [3.05, 3.63) is 218 Å². The van der Waals surface area contributed by atoms with Gasteiger partial charge in [-0.3, -0.25) is 4.57 Å². The number of nitrogens with zero attached hydrogens (tertiary/aromatic N) is 6. The summed E-state index contributed by atoms with van der Waals surface area (Å²) in [5.74, 6) is 1.77. The predicted octanol–water partition coefficient (Wildman–Crippen LogP) is 13.8. The van der Waals surface area contributed by atoms with Gasteiger partial charge in [-0.15, -0.1) is 0 Å². The van der Waals surface area contributed by atoms with Gasteiger partial charge in [-0.05, 0) is 47.5 Å². The molecule has 0 radical (unpaired) electrons. The molecule has 6 heteroatoms. The van der Waals surface area contributed by atoms with Crippen LogP contribution in [0.2, 0.25) is 0 Å². The van der Waals surface area contributed by atoms with E-state index in [1.807, 2.05) is 42.5 Å². The lowest BCUT2D eigenvalue weighted by Gasteiger charge is -2.16. The summed E-state index contributed by atoms with van der Waals surface area (Å²) in [6, 6.07) is 76.1. The number of pyridine rings is 1. The second-order valence-corrected chi connectivity index (χ2v) is 15.4. The summed E-state index contributed by atoms with van der Waals surface area (Å²) < 4.78 is 4.66. The Hall–Kier alpha value is -8.48. The number of fused-ring (bicyclic) bond motifs is 7. The second kappa shape index (κ2) is 14.7. The molecule has 4 heterocycles. The minimum absolute atomic E-state index is 0.550. The Bertz CT molecular complexity index is 3570. The summed E-state index contributed by atoms with van der Waals surface area (Å²) in [6.07, 6.45) is 0. The van der Waals surface area contributed by atoms with E-state index in [0.717, 1.165) is 88.5 Å². The van der Waals surface area contributed by atoms with Gasteiger partial charge in [0.2, 0.25) is 5.95 Å². The molecule has 0 bridgehead atoms. The third-order valence-corrected chi connectivity index (χ3v) is 11.8. The first kappa shape index (κ1) is 35.5. The van der Waals surface area contributed by atoms with Crippen molar-refractivity contribution in [2.75, 3.05) is 0 Å². The summed E-state index contributed by atoms with van der Waals surface area (Å²) in [6.45, 7) is 0. The third kappa shape index (κ3) is 5.88. The van der Waals surface area contributed by atoms with Crippen LogP contribution in [0.4, 0.5) is 0 Å². The van der Waals surface area contributed by atoms with Gasteiger partial charge in [-0.2, -0.15) is 9.97 Å². The highest BCUT2D eigenvalue weighted by atomic mass is 15.2. The van der Waals surface area contributed by atoms with Crippen LogP contribution in [0.1, 0.15) is 0 Å². The van der Waals surface area contributed by atoms with E-state index in [2.05, 4.69) is 185 Å². The van der Waals surface area contributed by atoms with E-state index < -0.39 is 0 Å². The lowest BCUT2D eigenvalue weighted by atomic mass is 10.0. The highest BCUT2D eigenvalue weighted by Gasteiger charge is 2.24. The Kier molecular flexibility index (Phi) is 8.38. The Balaban J connectivity index is 1.13. The maximum absolute atomic E-state index is 5.37. The largest absolute Gasteiger partial charge is 0.306 e. The molecule has 4 aromatic heterocycles. The van der Waals surface area contributed by atoms with E-state index in [1.54, 1.807) is 0 Å². The number of hydrogen-bond donors (Lipinski definition) is 0. The summed E-state index contributed by atoms with van der Waals surface area (Å²) >= 11 is 0. The van der Waals surface area contributed by atoms with Gasteiger partial charge in [0, 0.05) is 43.8 Å². The highest BCUT2D eigenvalue weighted by Crippen LogP contribution is 2.43. The normalized spacial score (nSPS) is 11.5. The predicted molar refractivity (Wildman–Crippen MR) is 253 cm³/mol. The molecule has 12 aromatic rings.